The van der Waals surface area contributed by atoms with Crippen molar-refractivity contribution < 1.29 is 14.0 Å². The molecule has 1 atom stereocenters. The van der Waals surface area contributed by atoms with Gasteiger partial charge in [-0.25, -0.2) is 4.79 Å². The molecule has 3 rings (SSSR count). The summed E-state index contributed by atoms with van der Waals surface area (Å²) in [6.45, 7) is 11.4. The van der Waals surface area contributed by atoms with Crippen LogP contribution in [0.2, 0.25) is 18.1 Å². The van der Waals surface area contributed by atoms with Gasteiger partial charge in [0.1, 0.15) is 6.61 Å². The van der Waals surface area contributed by atoms with Crippen molar-refractivity contribution in [1.29, 1.82) is 0 Å². The Morgan fingerprint density at radius 2 is 1.53 bits per heavy atom. The van der Waals surface area contributed by atoms with Gasteiger partial charge in [0.05, 0.1) is 11.6 Å². The molecule has 0 fully saturated rings. The highest BCUT2D eigenvalue weighted by atomic mass is 28.4. The van der Waals surface area contributed by atoms with Gasteiger partial charge >= 0.3 is 5.97 Å². The molecule has 1 aromatic heterocycles. The molecule has 30 heavy (non-hydrogen) atoms. The number of carbonyl (C=O) groups excluding carboxylic acids is 1. The van der Waals surface area contributed by atoms with Crippen LogP contribution in [-0.4, -0.2) is 25.5 Å². The maximum atomic E-state index is 12.5. The average Bonchev–Trinajstić information content (AvgIpc) is 3.16. The van der Waals surface area contributed by atoms with E-state index in [-0.39, 0.29) is 23.7 Å². The van der Waals surface area contributed by atoms with Crippen LogP contribution in [0.25, 0.3) is 0 Å². The van der Waals surface area contributed by atoms with E-state index in [0.717, 1.165) is 11.4 Å². The van der Waals surface area contributed by atoms with Crippen LogP contribution >= 0.6 is 0 Å². The van der Waals surface area contributed by atoms with Gasteiger partial charge in [-0.05, 0) is 48.0 Å². The fourth-order valence-electron chi connectivity index (χ4n) is 2.96. The Morgan fingerprint density at radius 3 is 2.13 bits per heavy atom. The van der Waals surface area contributed by atoms with Crippen molar-refractivity contribution >= 4 is 14.3 Å². The predicted molar refractivity (Wildman–Crippen MR) is 124 cm³/mol. The van der Waals surface area contributed by atoms with Crippen molar-refractivity contribution in [2.45, 2.75) is 44.9 Å². The first-order chi connectivity index (χ1) is 14.2. The SMILES string of the molecule is CC(C)(C)[Si](C)(C)Oc1cccn1[C@@H](COC(=O)c1ccccc1)c1ccccc1. The third kappa shape index (κ3) is 5.03. The fourth-order valence-corrected chi connectivity index (χ4v) is 3.96. The summed E-state index contributed by atoms with van der Waals surface area (Å²) in [6, 6.07) is 23.0. The number of carbonyl (C=O) groups is 1. The third-order valence-corrected chi connectivity index (χ3v) is 10.1. The van der Waals surface area contributed by atoms with Crippen LogP contribution in [0.4, 0.5) is 0 Å². The molecule has 0 aliphatic carbocycles. The molecule has 4 nitrogen and oxygen atoms in total. The van der Waals surface area contributed by atoms with Crippen molar-refractivity contribution in [3.05, 3.63) is 90.1 Å². The molecule has 0 amide bonds. The first-order valence-electron chi connectivity index (χ1n) is 10.3. The minimum absolute atomic E-state index is 0.0874. The number of esters is 1. The second-order valence-corrected chi connectivity index (χ2v) is 13.7. The summed E-state index contributed by atoms with van der Waals surface area (Å²) in [5.41, 5.74) is 1.62. The van der Waals surface area contributed by atoms with Gasteiger partial charge in [0.2, 0.25) is 0 Å². The normalized spacial score (nSPS) is 13.0. The number of hydrogen-bond donors (Lipinski definition) is 0. The highest BCUT2D eigenvalue weighted by Crippen LogP contribution is 2.38. The zero-order chi connectivity index (χ0) is 21.8. The van der Waals surface area contributed by atoms with Crippen molar-refractivity contribution in [3.8, 4) is 5.88 Å². The molecule has 0 aliphatic heterocycles. The largest absolute Gasteiger partial charge is 0.532 e. The molecule has 0 saturated heterocycles. The molecule has 0 aliphatic rings. The summed E-state index contributed by atoms with van der Waals surface area (Å²) in [6.07, 6.45) is 2.00. The second-order valence-electron chi connectivity index (χ2n) is 9.01. The molecule has 2 aromatic carbocycles. The number of aromatic nitrogens is 1. The Labute approximate surface area is 180 Å². The highest BCUT2D eigenvalue weighted by molar-refractivity contribution is 6.74. The Morgan fingerprint density at radius 1 is 0.933 bits per heavy atom. The molecular formula is C25H31NO3Si. The van der Waals surface area contributed by atoms with E-state index in [9.17, 15) is 4.79 Å². The van der Waals surface area contributed by atoms with Gasteiger partial charge in [-0.15, -0.1) is 0 Å². The molecule has 5 heteroatoms. The first kappa shape index (κ1) is 21.9. The molecule has 158 valence electrons. The Kier molecular flexibility index (Phi) is 6.51. The number of ether oxygens (including phenoxy) is 1. The molecule has 0 saturated carbocycles. The van der Waals surface area contributed by atoms with Crippen molar-refractivity contribution in [1.82, 2.24) is 4.57 Å². The van der Waals surface area contributed by atoms with Crippen LogP contribution in [0, 0.1) is 0 Å². The van der Waals surface area contributed by atoms with Crippen LogP contribution in [-0.2, 0) is 4.74 Å². The van der Waals surface area contributed by atoms with Crippen LogP contribution in [0.5, 0.6) is 5.88 Å². The summed E-state index contributed by atoms with van der Waals surface area (Å²) in [5, 5.41) is 0.0874. The smallest absolute Gasteiger partial charge is 0.338 e. The topological polar surface area (TPSA) is 40.5 Å². The quantitative estimate of drug-likeness (QED) is 0.331. The maximum absolute atomic E-state index is 12.5. The van der Waals surface area contributed by atoms with Crippen molar-refractivity contribution in [2.24, 2.45) is 0 Å². The average molecular weight is 422 g/mol. The maximum Gasteiger partial charge on any atom is 0.338 e. The highest BCUT2D eigenvalue weighted by Gasteiger charge is 2.39. The lowest BCUT2D eigenvalue weighted by molar-refractivity contribution is 0.0464. The van der Waals surface area contributed by atoms with Crippen molar-refractivity contribution in [2.75, 3.05) is 6.61 Å². The van der Waals surface area contributed by atoms with E-state index in [1.165, 1.54) is 0 Å². The fraction of sp³-hybridized carbons (Fsp3) is 0.320. The van der Waals surface area contributed by atoms with E-state index in [1.54, 1.807) is 12.1 Å². The van der Waals surface area contributed by atoms with Crippen LogP contribution in [0.15, 0.2) is 79.0 Å². The number of benzene rings is 2. The first-order valence-corrected chi connectivity index (χ1v) is 13.2. The summed E-state index contributed by atoms with van der Waals surface area (Å²) in [7, 11) is -2.01. The second kappa shape index (κ2) is 8.92. The molecule has 0 bridgehead atoms. The molecule has 0 N–H and O–H groups in total. The van der Waals surface area contributed by atoms with Gasteiger partial charge in [0.15, 0.2) is 5.88 Å². The van der Waals surface area contributed by atoms with Gasteiger partial charge in [-0.3, -0.25) is 0 Å². The van der Waals surface area contributed by atoms with Gasteiger partial charge in [-0.1, -0.05) is 69.3 Å². The van der Waals surface area contributed by atoms with Gasteiger partial charge in [0.25, 0.3) is 8.32 Å². The Balaban J connectivity index is 1.88. The van der Waals surface area contributed by atoms with Gasteiger partial charge < -0.3 is 13.7 Å². The zero-order valence-electron chi connectivity index (χ0n) is 18.5. The zero-order valence-corrected chi connectivity index (χ0v) is 19.5. The summed E-state index contributed by atoms with van der Waals surface area (Å²) in [4.78, 5) is 12.5. The molecule has 0 unspecified atom stereocenters. The van der Waals surface area contributed by atoms with E-state index < -0.39 is 8.32 Å². The van der Waals surface area contributed by atoms with E-state index in [2.05, 4.69) is 50.6 Å². The minimum atomic E-state index is -2.01. The minimum Gasteiger partial charge on any atom is -0.532 e. The predicted octanol–water partition coefficient (Wildman–Crippen LogP) is 6.32. The molecule has 0 radical (unpaired) electrons. The van der Waals surface area contributed by atoms with Crippen LogP contribution in [0.3, 0.4) is 0 Å². The van der Waals surface area contributed by atoms with E-state index in [0.29, 0.717) is 5.56 Å². The van der Waals surface area contributed by atoms with E-state index in [1.807, 2.05) is 54.7 Å². The Bertz CT molecular complexity index is 959. The lowest BCUT2D eigenvalue weighted by Gasteiger charge is -2.37. The lowest BCUT2D eigenvalue weighted by atomic mass is 10.1. The lowest BCUT2D eigenvalue weighted by Crippen LogP contribution is -2.44. The van der Waals surface area contributed by atoms with Gasteiger partial charge in [0, 0.05) is 6.20 Å². The summed E-state index contributed by atoms with van der Waals surface area (Å²) >= 11 is 0. The van der Waals surface area contributed by atoms with Crippen molar-refractivity contribution in [3.63, 3.8) is 0 Å². The monoisotopic (exact) mass is 421 g/mol. The molecule has 1 heterocycles. The Hall–Kier alpha value is -2.79. The number of nitrogens with zero attached hydrogens (tertiary/aromatic N) is 1. The summed E-state index contributed by atoms with van der Waals surface area (Å²) in [5.74, 6) is 0.488. The van der Waals surface area contributed by atoms with E-state index >= 15 is 0 Å². The molecular weight excluding hydrogens is 390 g/mol. The number of rotatable bonds is 7. The molecule has 0 spiro atoms. The summed E-state index contributed by atoms with van der Waals surface area (Å²) < 4.78 is 14.4. The number of hydrogen-bond acceptors (Lipinski definition) is 3. The van der Waals surface area contributed by atoms with E-state index in [4.69, 9.17) is 9.16 Å². The van der Waals surface area contributed by atoms with Crippen LogP contribution in [0.1, 0.15) is 42.7 Å². The van der Waals surface area contributed by atoms with Crippen LogP contribution < -0.4 is 4.43 Å². The molecule has 3 aromatic rings. The standard InChI is InChI=1S/C25H31NO3Si/c1-25(2,3)30(4,5)29-23-17-12-18-26(23)22(20-13-8-6-9-14-20)19-28-24(27)21-15-10-7-11-16-21/h6-18,22H,19H2,1-5H3/t22-/m0/s1. The third-order valence-electron chi connectivity index (χ3n) is 5.81. The van der Waals surface area contributed by atoms with Gasteiger partial charge in [-0.2, -0.15) is 0 Å².